The molecule has 0 saturated carbocycles. The molecular weight excluding hydrogens is 506 g/mol. The largest absolute Gasteiger partial charge is 0.508 e. The molecule has 4 nitrogen and oxygen atoms in total. The molecular formula is C18H9F12NO3. The van der Waals surface area contributed by atoms with Gasteiger partial charge in [-0.2, -0.15) is 48.3 Å². The molecule has 0 bridgehead atoms. The predicted molar refractivity (Wildman–Crippen MR) is 88.0 cm³/mol. The Morgan fingerprint density at radius 2 is 1.06 bits per heavy atom. The Hall–Kier alpha value is -3.17. The Balaban J connectivity index is 2.47. The molecule has 0 amide bonds. The highest BCUT2D eigenvalue weighted by atomic mass is 19.4. The van der Waals surface area contributed by atoms with Crippen LogP contribution in [0.2, 0.25) is 0 Å². The summed E-state index contributed by atoms with van der Waals surface area (Å²) in [4.78, 5) is 7.72. The van der Waals surface area contributed by atoms with Crippen LogP contribution in [-0.2, 0) is 4.79 Å². The average molecular weight is 515 g/mol. The zero-order chi connectivity index (χ0) is 26.3. The maximum atomic E-state index is 14.4. The molecule has 0 aromatic heterocycles. The summed E-state index contributed by atoms with van der Waals surface area (Å²) in [6.45, 7) is 0. The van der Waals surface area contributed by atoms with E-state index in [-0.39, 0.29) is 11.3 Å². The van der Waals surface area contributed by atoms with E-state index in [2.05, 4.69) is 4.74 Å². The molecule has 34 heavy (non-hydrogen) atoms. The number of rotatable bonds is 5. The molecule has 0 aliphatic carbocycles. The summed E-state index contributed by atoms with van der Waals surface area (Å²) in [5.41, 5.74) is -6.50. The molecule has 2 rings (SSSR count). The number of hydrogen-bond acceptors (Lipinski definition) is 4. The van der Waals surface area contributed by atoms with Crippen molar-refractivity contribution in [1.82, 2.24) is 4.90 Å². The Kier molecular flexibility index (Phi) is 6.81. The van der Waals surface area contributed by atoms with Crippen molar-refractivity contribution in [3.63, 3.8) is 0 Å². The molecule has 2 aromatic rings. The number of nitrogens with zero attached hydrogens (tertiary/aromatic N) is 1. The molecule has 188 valence electrons. The van der Waals surface area contributed by atoms with Gasteiger partial charge in [-0.25, -0.2) is 9.18 Å². The number of carbonyl (C=O) groups excluding carboxylic acids is 1. The van der Waals surface area contributed by atoms with E-state index >= 15 is 0 Å². The van der Waals surface area contributed by atoms with Crippen LogP contribution in [-0.4, -0.2) is 46.5 Å². The fourth-order valence-corrected chi connectivity index (χ4v) is 2.57. The van der Waals surface area contributed by atoms with Gasteiger partial charge in [0.15, 0.2) is 0 Å². The fraction of sp³-hybridized carbons (Fsp3) is 0.278. The van der Waals surface area contributed by atoms with Gasteiger partial charge in [0, 0.05) is 0 Å². The van der Waals surface area contributed by atoms with Crippen molar-refractivity contribution in [1.29, 1.82) is 0 Å². The molecule has 0 aliphatic rings. The van der Waals surface area contributed by atoms with Crippen LogP contribution < -0.4 is 4.74 Å². The SMILES string of the molecule is O=C(Oc1ccc(-c2ccc(O)cc2)cc1)[C@@](F)(C(F)(F)F)C(F)(F)N(C(F)(F)F)C(F)(F)F. The predicted octanol–water partition coefficient (Wildman–Crippen LogP) is 6.17. The molecule has 0 fully saturated rings. The second kappa shape index (κ2) is 8.56. The molecule has 0 heterocycles. The van der Waals surface area contributed by atoms with Crippen LogP contribution in [0.5, 0.6) is 11.5 Å². The van der Waals surface area contributed by atoms with E-state index in [9.17, 15) is 62.6 Å². The van der Waals surface area contributed by atoms with Crippen molar-refractivity contribution in [2.24, 2.45) is 0 Å². The van der Waals surface area contributed by atoms with Crippen molar-refractivity contribution in [2.75, 3.05) is 0 Å². The number of hydrogen-bond donors (Lipinski definition) is 1. The van der Waals surface area contributed by atoms with E-state index in [4.69, 9.17) is 0 Å². The minimum absolute atomic E-state index is 0.145. The second-order valence-electron chi connectivity index (χ2n) is 6.43. The van der Waals surface area contributed by atoms with E-state index in [1.54, 1.807) is 0 Å². The van der Waals surface area contributed by atoms with Gasteiger partial charge in [0.05, 0.1) is 0 Å². The van der Waals surface area contributed by atoms with Gasteiger partial charge in [-0.3, -0.25) is 0 Å². The summed E-state index contributed by atoms with van der Waals surface area (Å²) in [5.74, 6) is -5.03. The smallest absolute Gasteiger partial charge is 0.472 e. The van der Waals surface area contributed by atoms with Crippen LogP contribution >= 0.6 is 0 Å². The first-order valence-corrected chi connectivity index (χ1v) is 8.42. The van der Waals surface area contributed by atoms with Crippen LogP contribution in [0.4, 0.5) is 52.7 Å². The molecule has 16 heteroatoms. The van der Waals surface area contributed by atoms with Gasteiger partial charge in [0.1, 0.15) is 11.5 Å². The molecule has 1 atom stereocenters. The summed E-state index contributed by atoms with van der Waals surface area (Å²) in [5, 5.41) is 9.20. The van der Waals surface area contributed by atoms with Crippen LogP contribution in [0.15, 0.2) is 48.5 Å². The fourth-order valence-electron chi connectivity index (χ4n) is 2.57. The van der Waals surface area contributed by atoms with E-state index in [0.717, 1.165) is 12.1 Å². The topological polar surface area (TPSA) is 49.8 Å². The minimum Gasteiger partial charge on any atom is -0.508 e. The maximum Gasteiger partial charge on any atom is 0.472 e. The van der Waals surface area contributed by atoms with Gasteiger partial charge in [-0.05, 0) is 35.4 Å². The van der Waals surface area contributed by atoms with Crippen molar-refractivity contribution < 1.29 is 67.3 Å². The second-order valence-corrected chi connectivity index (χ2v) is 6.43. The van der Waals surface area contributed by atoms with Gasteiger partial charge in [-0.15, -0.1) is 0 Å². The first-order valence-electron chi connectivity index (χ1n) is 8.42. The zero-order valence-corrected chi connectivity index (χ0v) is 15.9. The van der Waals surface area contributed by atoms with E-state index in [1.165, 1.54) is 24.3 Å². The van der Waals surface area contributed by atoms with Gasteiger partial charge >= 0.3 is 36.5 Å². The van der Waals surface area contributed by atoms with Crippen LogP contribution in [0.3, 0.4) is 0 Å². The Labute approximate surface area is 180 Å². The third-order valence-corrected chi connectivity index (χ3v) is 4.14. The lowest BCUT2D eigenvalue weighted by atomic mass is 10.0. The van der Waals surface area contributed by atoms with Gasteiger partial charge in [0.2, 0.25) is 0 Å². The van der Waals surface area contributed by atoms with Gasteiger partial charge < -0.3 is 9.84 Å². The number of phenols is 1. The first-order chi connectivity index (χ1) is 15.2. The monoisotopic (exact) mass is 515 g/mol. The molecule has 2 aromatic carbocycles. The Bertz CT molecular complexity index is 999. The summed E-state index contributed by atoms with van der Waals surface area (Å²) in [6.07, 6.45) is -21.8. The van der Waals surface area contributed by atoms with Crippen molar-refractivity contribution >= 4 is 5.97 Å². The number of aromatic hydroxyl groups is 1. The van der Waals surface area contributed by atoms with Crippen LogP contribution in [0, 0.1) is 0 Å². The van der Waals surface area contributed by atoms with Crippen LogP contribution in [0.25, 0.3) is 11.1 Å². The zero-order valence-electron chi connectivity index (χ0n) is 15.9. The maximum absolute atomic E-state index is 14.4. The first kappa shape index (κ1) is 27.1. The van der Waals surface area contributed by atoms with E-state index < -0.39 is 47.1 Å². The molecule has 0 saturated heterocycles. The summed E-state index contributed by atoms with van der Waals surface area (Å²) >= 11 is 0. The highest BCUT2D eigenvalue weighted by Gasteiger charge is 2.85. The highest BCUT2D eigenvalue weighted by molar-refractivity contribution is 5.84. The lowest BCUT2D eigenvalue weighted by molar-refractivity contribution is -0.469. The van der Waals surface area contributed by atoms with Gasteiger partial charge in [0.25, 0.3) is 0 Å². The number of esters is 1. The standard InChI is InChI=1S/C18H9F12NO3/c19-14(15(20,21)22,16(23,24)31(17(25,26)27)18(28,29)30)13(33)34-12-7-3-10(4-8-12)9-1-5-11(32)6-2-9/h1-8,32H/t14-/m1/s1. The lowest BCUT2D eigenvalue weighted by Crippen LogP contribution is -2.73. The van der Waals surface area contributed by atoms with E-state index in [0.29, 0.717) is 17.7 Å². The Morgan fingerprint density at radius 3 is 1.41 bits per heavy atom. The van der Waals surface area contributed by atoms with Crippen molar-refractivity contribution in [3.8, 4) is 22.6 Å². The Morgan fingerprint density at radius 1 is 0.676 bits per heavy atom. The summed E-state index contributed by atoms with van der Waals surface area (Å²) in [7, 11) is 0. The van der Waals surface area contributed by atoms with E-state index in [1.807, 2.05) is 0 Å². The van der Waals surface area contributed by atoms with Gasteiger partial charge in [-0.1, -0.05) is 29.2 Å². The number of halogens is 12. The van der Waals surface area contributed by atoms with Crippen molar-refractivity contribution in [2.45, 2.75) is 30.5 Å². The number of ether oxygens (including phenoxy) is 1. The lowest BCUT2D eigenvalue weighted by Gasteiger charge is -2.40. The highest BCUT2D eigenvalue weighted by Crippen LogP contribution is 2.53. The van der Waals surface area contributed by atoms with Crippen molar-refractivity contribution in [3.05, 3.63) is 48.5 Å². The normalized spacial score (nSPS) is 15.2. The summed E-state index contributed by atoms with van der Waals surface area (Å²) in [6, 6.07) is 0.757. The average Bonchev–Trinajstić information content (AvgIpc) is 2.64. The third kappa shape index (κ3) is 5.00. The molecule has 0 radical (unpaired) electrons. The minimum atomic E-state index is -7.56. The number of carbonyl (C=O) groups is 1. The molecule has 0 unspecified atom stereocenters. The third-order valence-electron chi connectivity index (χ3n) is 4.14. The molecule has 0 spiro atoms. The number of phenolic OH excluding ortho intramolecular Hbond substituents is 1. The quantitative estimate of drug-likeness (QED) is 0.224. The molecule has 0 aliphatic heterocycles. The number of benzene rings is 2. The number of alkyl halides is 12. The molecule has 1 N–H and O–H groups in total. The van der Waals surface area contributed by atoms with Crippen LogP contribution in [0.1, 0.15) is 0 Å². The summed E-state index contributed by atoms with van der Waals surface area (Å²) < 4.78 is 161.